The average Bonchev–Trinajstić information content (AvgIpc) is 2.49. The van der Waals surface area contributed by atoms with Gasteiger partial charge in [-0.1, -0.05) is 90.9 Å². The van der Waals surface area contributed by atoms with Crippen LogP contribution in [0.2, 0.25) is 0 Å². The summed E-state index contributed by atoms with van der Waals surface area (Å²) in [6, 6.07) is 0. The minimum absolute atomic E-state index is 0.168. The van der Waals surface area contributed by atoms with Gasteiger partial charge in [-0.25, -0.2) is 0 Å². The summed E-state index contributed by atoms with van der Waals surface area (Å²) in [6.45, 7) is 6.96. The first-order chi connectivity index (χ1) is 5.73. The number of alkyl halides is 4. The van der Waals surface area contributed by atoms with Gasteiger partial charge in [0.05, 0.1) is 4.83 Å². The molecule has 0 bridgehead atoms. The highest BCUT2D eigenvalue weighted by atomic mass is 80.0. The van der Waals surface area contributed by atoms with Crippen LogP contribution in [0.15, 0.2) is 0 Å². The van der Waals surface area contributed by atoms with Crippen molar-refractivity contribution >= 4 is 63.7 Å². The summed E-state index contributed by atoms with van der Waals surface area (Å²) in [5.41, 5.74) is 0.476. The van der Waals surface area contributed by atoms with Crippen molar-refractivity contribution in [2.24, 2.45) is 17.3 Å². The predicted molar refractivity (Wildman–Crippen MR) is 73.3 cm³/mol. The molecule has 0 nitrogen and oxygen atoms in total. The average molecular weight is 442 g/mol. The van der Waals surface area contributed by atoms with E-state index in [0.29, 0.717) is 10.2 Å². The van der Waals surface area contributed by atoms with Gasteiger partial charge in [0.2, 0.25) is 0 Å². The fourth-order valence-corrected chi connectivity index (χ4v) is 4.26. The van der Waals surface area contributed by atoms with E-state index in [1.54, 1.807) is 0 Å². The predicted octanol–water partition coefficient (Wildman–Crippen LogP) is 5.27. The molecule has 1 saturated carbocycles. The zero-order chi connectivity index (χ0) is 10.4. The van der Waals surface area contributed by atoms with Crippen LogP contribution < -0.4 is 0 Å². The van der Waals surface area contributed by atoms with Crippen molar-refractivity contribution < 1.29 is 0 Å². The summed E-state index contributed by atoms with van der Waals surface area (Å²) < 4.78 is -0.168. The third kappa shape index (κ3) is 2.54. The molecule has 13 heavy (non-hydrogen) atoms. The summed E-state index contributed by atoms with van der Waals surface area (Å²) >= 11 is 14.5. The first-order valence-corrected chi connectivity index (χ1v) is 7.73. The molecule has 3 unspecified atom stereocenters. The Labute approximate surface area is 114 Å². The highest BCUT2D eigenvalue weighted by Crippen LogP contribution is 2.66. The number of rotatable bonds is 2. The van der Waals surface area contributed by atoms with Crippen molar-refractivity contribution in [2.45, 2.75) is 34.2 Å². The van der Waals surface area contributed by atoms with Crippen molar-refractivity contribution in [3.05, 3.63) is 0 Å². The number of hydrogen-bond donors (Lipinski definition) is 0. The third-order valence-electron chi connectivity index (χ3n) is 3.21. The van der Waals surface area contributed by atoms with Crippen LogP contribution in [-0.2, 0) is 0 Å². The molecule has 0 heterocycles. The van der Waals surface area contributed by atoms with Crippen LogP contribution in [0.25, 0.3) is 0 Å². The van der Waals surface area contributed by atoms with Gasteiger partial charge in [-0.3, -0.25) is 0 Å². The fraction of sp³-hybridized carbons (Fsp3) is 1.00. The monoisotopic (exact) mass is 438 g/mol. The van der Waals surface area contributed by atoms with E-state index in [1.165, 1.54) is 6.42 Å². The molecular weight excluding hydrogens is 428 g/mol. The molecule has 1 aliphatic rings. The Morgan fingerprint density at radius 2 is 1.77 bits per heavy atom. The van der Waals surface area contributed by atoms with Gasteiger partial charge in [-0.05, 0) is 17.3 Å². The number of hydrogen-bond acceptors (Lipinski definition) is 0. The molecule has 0 aliphatic heterocycles. The second-order valence-corrected chi connectivity index (χ2v) is 12.2. The fourth-order valence-electron chi connectivity index (χ4n) is 2.35. The Bertz CT molecular complexity index is 194. The molecule has 3 atom stereocenters. The minimum atomic E-state index is -0.168. The van der Waals surface area contributed by atoms with E-state index < -0.39 is 0 Å². The van der Waals surface area contributed by atoms with Gasteiger partial charge in [0.1, 0.15) is 2.14 Å². The van der Waals surface area contributed by atoms with Gasteiger partial charge in [-0.2, -0.15) is 0 Å². The SMILES string of the molecule is CCC1C(C(Br)C(Br)(Br)Br)C1(C)C. The van der Waals surface area contributed by atoms with Gasteiger partial charge < -0.3 is 0 Å². The van der Waals surface area contributed by atoms with Gasteiger partial charge in [0.15, 0.2) is 0 Å². The van der Waals surface area contributed by atoms with Gasteiger partial charge in [0, 0.05) is 0 Å². The highest BCUT2D eigenvalue weighted by Gasteiger charge is 2.61. The van der Waals surface area contributed by atoms with E-state index in [9.17, 15) is 0 Å². The van der Waals surface area contributed by atoms with Gasteiger partial charge in [0.25, 0.3) is 0 Å². The molecule has 0 spiro atoms. The van der Waals surface area contributed by atoms with Crippen LogP contribution in [0.1, 0.15) is 27.2 Å². The lowest BCUT2D eigenvalue weighted by Crippen LogP contribution is -2.21. The molecule has 1 aliphatic carbocycles. The summed E-state index contributed by atoms with van der Waals surface area (Å²) in [5, 5.41) is 0. The Morgan fingerprint density at radius 1 is 1.31 bits per heavy atom. The van der Waals surface area contributed by atoms with Crippen LogP contribution in [-0.4, -0.2) is 6.97 Å². The molecule has 0 aromatic heterocycles. The summed E-state index contributed by atoms with van der Waals surface area (Å²) in [6.07, 6.45) is 1.27. The van der Waals surface area contributed by atoms with E-state index in [2.05, 4.69) is 84.5 Å². The molecule has 1 fully saturated rings. The molecule has 1 rings (SSSR count). The van der Waals surface area contributed by atoms with Gasteiger partial charge in [-0.15, -0.1) is 0 Å². The molecule has 4 heteroatoms. The van der Waals surface area contributed by atoms with Crippen LogP contribution in [0.3, 0.4) is 0 Å². The van der Waals surface area contributed by atoms with Crippen molar-refractivity contribution in [3.63, 3.8) is 0 Å². The normalized spacial score (nSPS) is 34.4. The molecule has 0 radical (unpaired) electrons. The van der Waals surface area contributed by atoms with E-state index >= 15 is 0 Å². The largest absolute Gasteiger partial charge is 0.147 e. The van der Waals surface area contributed by atoms with Crippen LogP contribution in [0, 0.1) is 17.3 Å². The maximum Gasteiger partial charge on any atom is 0.147 e. The quantitative estimate of drug-likeness (QED) is 0.512. The van der Waals surface area contributed by atoms with Crippen LogP contribution >= 0.6 is 63.7 Å². The maximum atomic E-state index is 3.74. The molecule has 0 saturated heterocycles. The third-order valence-corrected chi connectivity index (χ3v) is 7.79. The molecule has 0 aromatic rings. The Hall–Kier alpha value is 1.92. The lowest BCUT2D eigenvalue weighted by atomic mass is 10.1. The van der Waals surface area contributed by atoms with Crippen molar-refractivity contribution in [2.75, 3.05) is 0 Å². The smallest absolute Gasteiger partial charge is 0.0853 e. The van der Waals surface area contributed by atoms with Crippen LogP contribution in [0.5, 0.6) is 0 Å². The molecule has 0 aromatic carbocycles. The van der Waals surface area contributed by atoms with E-state index in [-0.39, 0.29) is 2.14 Å². The lowest BCUT2D eigenvalue weighted by molar-refractivity contribution is 0.529. The molecule has 0 N–H and O–H groups in total. The number of halogens is 4. The zero-order valence-electron chi connectivity index (χ0n) is 7.95. The highest BCUT2D eigenvalue weighted by molar-refractivity contribution is 9.40. The second kappa shape index (κ2) is 4.06. The summed E-state index contributed by atoms with van der Waals surface area (Å²) in [4.78, 5) is 0.417. The van der Waals surface area contributed by atoms with E-state index in [1.807, 2.05) is 0 Å². The Balaban J connectivity index is 2.67. The van der Waals surface area contributed by atoms with Crippen molar-refractivity contribution in [1.82, 2.24) is 0 Å². The van der Waals surface area contributed by atoms with Crippen LogP contribution in [0.4, 0.5) is 0 Å². The van der Waals surface area contributed by atoms with E-state index in [4.69, 9.17) is 0 Å². The summed E-state index contributed by atoms with van der Waals surface area (Å²) in [5.74, 6) is 1.57. The lowest BCUT2D eigenvalue weighted by Gasteiger charge is -2.21. The van der Waals surface area contributed by atoms with Crippen molar-refractivity contribution in [3.8, 4) is 0 Å². The molecule has 0 amide bonds. The van der Waals surface area contributed by atoms with E-state index in [0.717, 1.165) is 11.8 Å². The molecular formula is C9H14Br4. The maximum absolute atomic E-state index is 3.74. The second-order valence-electron chi connectivity index (χ2n) is 4.31. The zero-order valence-corrected chi connectivity index (χ0v) is 14.3. The Kier molecular flexibility index (Phi) is 4.06. The Morgan fingerprint density at radius 3 is 2.00 bits per heavy atom. The first-order valence-electron chi connectivity index (χ1n) is 4.43. The minimum Gasteiger partial charge on any atom is -0.0853 e. The topological polar surface area (TPSA) is 0 Å². The standard InChI is InChI=1S/C9H14Br4/c1-4-5-6(8(5,2)3)7(10)9(11,12)13/h5-7H,4H2,1-3H3. The molecule has 78 valence electrons. The van der Waals surface area contributed by atoms with Crippen molar-refractivity contribution in [1.29, 1.82) is 0 Å². The van der Waals surface area contributed by atoms with Gasteiger partial charge >= 0.3 is 0 Å². The first kappa shape index (κ1) is 13.0. The summed E-state index contributed by atoms with van der Waals surface area (Å²) in [7, 11) is 0.